The number of nitrogens with zero attached hydrogens (tertiary/aromatic N) is 3. The van der Waals surface area contributed by atoms with E-state index >= 15 is 0 Å². The maximum Gasteiger partial charge on any atom is 0.408 e. The summed E-state index contributed by atoms with van der Waals surface area (Å²) in [6.45, 7) is 4.81. The third-order valence-corrected chi connectivity index (χ3v) is 3.83. The van der Waals surface area contributed by atoms with Crippen LogP contribution in [0.15, 0.2) is 6.08 Å². The van der Waals surface area contributed by atoms with Gasteiger partial charge in [-0.2, -0.15) is 28.1 Å². The van der Waals surface area contributed by atoms with Gasteiger partial charge in [0.15, 0.2) is 5.82 Å². The predicted molar refractivity (Wildman–Crippen MR) is 89.2 cm³/mol. The maximum atomic E-state index is 12.8. The molecule has 9 heteroatoms. The molecule has 0 aromatic carbocycles. The van der Waals surface area contributed by atoms with Gasteiger partial charge in [0.25, 0.3) is 0 Å². The molecule has 2 N–H and O–H groups in total. The Kier molecular flexibility index (Phi) is 5.90. The fraction of sp³-hybridized carbons (Fsp3) is 0.667. The van der Waals surface area contributed by atoms with Crippen LogP contribution in [0.1, 0.15) is 45.9 Å². The molecular weight excluding hydrogens is 343 g/mol. The molecule has 0 saturated carbocycles. The number of hydrogen-bond acceptors (Lipinski definition) is 5. The van der Waals surface area contributed by atoms with E-state index in [4.69, 9.17) is 11.6 Å². The fourth-order valence-corrected chi connectivity index (χ4v) is 2.55. The van der Waals surface area contributed by atoms with Crippen LogP contribution in [0.2, 0.25) is 0 Å². The first-order chi connectivity index (χ1) is 11.1. The van der Waals surface area contributed by atoms with E-state index in [0.29, 0.717) is 5.82 Å². The molecule has 0 fully saturated rings. The first kappa shape index (κ1) is 18.8. The first-order valence-corrected chi connectivity index (χ1v) is 8.30. The number of rotatable bonds is 5. The number of allylic oxidation sites excluding steroid dienone is 2. The molecule has 24 heavy (non-hydrogen) atoms. The predicted octanol–water partition coefficient (Wildman–Crippen LogP) is 4.23. The van der Waals surface area contributed by atoms with Gasteiger partial charge in [0.2, 0.25) is 11.9 Å². The van der Waals surface area contributed by atoms with Crippen molar-refractivity contribution in [3.8, 4) is 0 Å². The largest absolute Gasteiger partial charge is 0.408 e. The molecule has 0 amide bonds. The lowest BCUT2D eigenvalue weighted by Gasteiger charge is -2.20. The smallest absolute Gasteiger partial charge is 0.352 e. The Bertz CT molecular complexity index is 603. The van der Waals surface area contributed by atoms with Crippen molar-refractivity contribution in [2.24, 2.45) is 0 Å². The minimum Gasteiger partial charge on any atom is -0.352 e. The van der Waals surface area contributed by atoms with E-state index in [1.165, 1.54) is 0 Å². The highest BCUT2D eigenvalue weighted by molar-refractivity contribution is 6.22. The Labute approximate surface area is 144 Å². The summed E-state index contributed by atoms with van der Waals surface area (Å²) < 4.78 is 38.3. The number of hydrogen-bond donors (Lipinski definition) is 2. The van der Waals surface area contributed by atoms with Gasteiger partial charge >= 0.3 is 6.18 Å². The molecule has 1 aromatic heterocycles. The van der Waals surface area contributed by atoms with E-state index in [2.05, 4.69) is 25.6 Å². The van der Waals surface area contributed by atoms with Crippen molar-refractivity contribution in [2.45, 2.75) is 63.7 Å². The molecule has 1 aromatic rings. The summed E-state index contributed by atoms with van der Waals surface area (Å²) in [6.07, 6.45) is -0.0350. The molecule has 2 atom stereocenters. The molecular formula is C15H21ClF3N5. The molecule has 2 rings (SSSR count). The monoisotopic (exact) mass is 363 g/mol. The summed E-state index contributed by atoms with van der Waals surface area (Å²) >= 11 is 6.14. The Morgan fingerprint density at radius 3 is 2.29 bits per heavy atom. The highest BCUT2D eigenvalue weighted by atomic mass is 35.5. The van der Waals surface area contributed by atoms with Crippen molar-refractivity contribution < 1.29 is 13.2 Å². The summed E-state index contributed by atoms with van der Waals surface area (Å²) in [5.41, 5.74) is 0.832. The molecule has 5 nitrogen and oxygen atoms in total. The van der Waals surface area contributed by atoms with Crippen LogP contribution in [0.4, 0.5) is 25.1 Å². The zero-order chi connectivity index (χ0) is 17.9. The minimum atomic E-state index is -4.39. The Balaban J connectivity index is 2.34. The van der Waals surface area contributed by atoms with Crippen molar-refractivity contribution in [3.05, 3.63) is 11.9 Å². The van der Waals surface area contributed by atoms with Gasteiger partial charge in [-0.3, -0.25) is 0 Å². The highest BCUT2D eigenvalue weighted by Gasteiger charge is 2.36. The molecule has 0 spiro atoms. The Hall–Kier alpha value is -1.57. The van der Waals surface area contributed by atoms with Crippen molar-refractivity contribution in [1.82, 2.24) is 15.0 Å². The lowest BCUT2D eigenvalue weighted by Crippen LogP contribution is -2.34. The van der Waals surface area contributed by atoms with Gasteiger partial charge in [-0.25, -0.2) is 0 Å². The van der Waals surface area contributed by atoms with Gasteiger partial charge in [-0.15, -0.1) is 11.6 Å². The van der Waals surface area contributed by atoms with Crippen LogP contribution in [0.3, 0.4) is 0 Å². The number of alkyl halides is 4. The second-order valence-electron chi connectivity index (χ2n) is 6.11. The third-order valence-electron chi connectivity index (χ3n) is 3.49. The van der Waals surface area contributed by atoms with Gasteiger partial charge < -0.3 is 10.6 Å². The van der Waals surface area contributed by atoms with E-state index in [1.54, 1.807) is 0 Å². The Morgan fingerprint density at radius 2 is 1.75 bits per heavy atom. The van der Waals surface area contributed by atoms with Crippen LogP contribution < -0.4 is 10.6 Å². The van der Waals surface area contributed by atoms with Gasteiger partial charge in [-0.05, 0) is 45.6 Å². The Morgan fingerprint density at radius 1 is 1.12 bits per heavy atom. The van der Waals surface area contributed by atoms with Crippen LogP contribution in [0, 0.1) is 0 Å². The fourth-order valence-electron chi connectivity index (χ4n) is 2.24. The highest BCUT2D eigenvalue weighted by Crippen LogP contribution is 2.29. The van der Waals surface area contributed by atoms with E-state index < -0.39 is 12.2 Å². The van der Waals surface area contributed by atoms with Gasteiger partial charge in [0, 0.05) is 6.04 Å². The molecule has 1 heterocycles. The summed E-state index contributed by atoms with van der Waals surface area (Å²) in [7, 11) is 0. The van der Waals surface area contributed by atoms with Gasteiger partial charge in [-0.1, -0.05) is 6.08 Å². The first-order valence-electron chi connectivity index (χ1n) is 7.86. The normalized spacial score (nSPS) is 19.8. The average molecular weight is 364 g/mol. The average Bonchev–Trinajstić information content (AvgIpc) is 2.45. The topological polar surface area (TPSA) is 62.7 Å². The van der Waals surface area contributed by atoms with Crippen LogP contribution >= 0.6 is 11.6 Å². The number of nitrogens with one attached hydrogen (secondary N) is 2. The zero-order valence-electron chi connectivity index (χ0n) is 13.8. The molecule has 1 aliphatic carbocycles. The molecule has 0 bridgehead atoms. The van der Waals surface area contributed by atoms with E-state index in [9.17, 15) is 13.2 Å². The van der Waals surface area contributed by atoms with Crippen LogP contribution in [-0.4, -0.2) is 38.6 Å². The van der Waals surface area contributed by atoms with Crippen LogP contribution in [0.25, 0.3) is 5.57 Å². The van der Waals surface area contributed by atoms with Crippen LogP contribution in [-0.2, 0) is 0 Å². The van der Waals surface area contributed by atoms with Crippen molar-refractivity contribution in [3.63, 3.8) is 0 Å². The summed E-state index contributed by atoms with van der Waals surface area (Å²) in [5, 5.41) is 5.19. The SMILES string of the molecule is CC(C)Nc1nc(N[C@H](C)C(F)(F)F)nc(C2=CC(Cl)CCC2)n1. The van der Waals surface area contributed by atoms with Crippen molar-refractivity contribution in [2.75, 3.05) is 10.6 Å². The standard InChI is InChI=1S/C15H21ClF3N5/c1-8(2)20-13-22-12(10-5-4-6-11(16)7-10)23-14(24-13)21-9(3)15(17,18)19/h7-9,11H,4-6H2,1-3H3,(H2,20,21,22,23,24)/t9-,11?/m1/s1. The maximum absolute atomic E-state index is 12.8. The van der Waals surface area contributed by atoms with Gasteiger partial charge in [0.05, 0.1) is 5.38 Å². The second-order valence-corrected chi connectivity index (χ2v) is 6.67. The lowest BCUT2D eigenvalue weighted by atomic mass is 9.99. The van der Waals surface area contributed by atoms with E-state index in [-0.39, 0.29) is 23.3 Å². The lowest BCUT2D eigenvalue weighted by molar-refractivity contribution is -0.138. The van der Waals surface area contributed by atoms with Crippen molar-refractivity contribution in [1.29, 1.82) is 0 Å². The summed E-state index contributed by atoms with van der Waals surface area (Å²) in [5.74, 6) is 0.491. The molecule has 1 aliphatic rings. The number of anilines is 2. The summed E-state index contributed by atoms with van der Waals surface area (Å²) in [4.78, 5) is 12.5. The molecule has 0 aliphatic heterocycles. The van der Waals surface area contributed by atoms with E-state index in [1.807, 2.05) is 19.9 Å². The second kappa shape index (κ2) is 7.55. The van der Waals surface area contributed by atoms with Crippen molar-refractivity contribution >= 4 is 29.1 Å². The molecule has 0 saturated heterocycles. The minimum absolute atomic E-state index is 0.0363. The van der Waals surface area contributed by atoms with Crippen LogP contribution in [0.5, 0.6) is 0 Å². The van der Waals surface area contributed by atoms with Gasteiger partial charge in [0.1, 0.15) is 6.04 Å². The molecule has 134 valence electrons. The quantitative estimate of drug-likeness (QED) is 0.766. The summed E-state index contributed by atoms with van der Waals surface area (Å²) in [6, 6.07) is -1.73. The molecule has 1 unspecified atom stereocenters. The zero-order valence-corrected chi connectivity index (χ0v) is 14.5. The number of aromatic nitrogens is 3. The third kappa shape index (κ3) is 5.22. The molecule has 0 radical (unpaired) electrons. The van der Waals surface area contributed by atoms with E-state index in [0.717, 1.165) is 31.8 Å². The number of halogens is 4.